The summed E-state index contributed by atoms with van der Waals surface area (Å²) in [5.41, 5.74) is 0. The first-order valence-corrected chi connectivity index (χ1v) is 5.96. The van der Waals surface area contributed by atoms with Gasteiger partial charge in [-0.25, -0.2) is 0 Å². The molecular formula is C11H13LiO2S. The summed E-state index contributed by atoms with van der Waals surface area (Å²) in [6, 6.07) is 8.43. The topological polar surface area (TPSA) is 34.1 Å². The Kier molecular flexibility index (Phi) is 6.67. The maximum atomic E-state index is 11.6. The molecule has 0 aliphatic rings. The van der Waals surface area contributed by atoms with E-state index in [4.69, 9.17) is 0 Å². The molecule has 15 heavy (non-hydrogen) atoms. The summed E-state index contributed by atoms with van der Waals surface area (Å²) in [5.74, 6) is 1.32. The second-order valence-corrected chi connectivity index (χ2v) is 4.72. The second-order valence-electron chi connectivity index (χ2n) is 2.83. The van der Waals surface area contributed by atoms with Gasteiger partial charge in [-0.2, -0.15) is 5.75 Å². The summed E-state index contributed by atoms with van der Waals surface area (Å²) in [4.78, 5) is 0.351. The van der Waals surface area contributed by atoms with Crippen molar-refractivity contribution in [3.63, 3.8) is 0 Å². The fourth-order valence-electron chi connectivity index (χ4n) is 1.02. The van der Waals surface area contributed by atoms with Crippen molar-refractivity contribution in [3.05, 3.63) is 48.2 Å². The van der Waals surface area contributed by atoms with E-state index in [1.165, 1.54) is 5.75 Å². The molecule has 76 valence electrons. The van der Waals surface area contributed by atoms with Crippen molar-refractivity contribution in [2.24, 2.45) is 0 Å². The van der Waals surface area contributed by atoms with Crippen molar-refractivity contribution >= 4 is 9.84 Å². The van der Waals surface area contributed by atoms with Crippen molar-refractivity contribution in [3.8, 4) is 0 Å². The predicted molar refractivity (Wildman–Crippen MR) is 57.4 cm³/mol. The third-order valence-corrected chi connectivity index (χ3v) is 3.32. The van der Waals surface area contributed by atoms with E-state index in [0.717, 1.165) is 0 Å². The number of allylic oxidation sites excluding steroid dienone is 2. The molecule has 0 heterocycles. The average molecular weight is 216 g/mol. The molecule has 0 aromatic heterocycles. The summed E-state index contributed by atoms with van der Waals surface area (Å²) in [5, 5.41) is 0. The van der Waals surface area contributed by atoms with Gasteiger partial charge in [0, 0.05) is 4.90 Å². The number of sulfone groups is 1. The maximum absolute atomic E-state index is 11.6. The van der Waals surface area contributed by atoms with Crippen LogP contribution < -0.4 is 18.9 Å². The van der Waals surface area contributed by atoms with Crippen molar-refractivity contribution in [2.75, 3.05) is 0 Å². The third-order valence-electron chi connectivity index (χ3n) is 1.76. The first kappa shape index (κ1) is 14.5. The van der Waals surface area contributed by atoms with Gasteiger partial charge in [0.25, 0.3) is 0 Å². The Morgan fingerprint density at radius 2 is 1.87 bits per heavy atom. The minimum absolute atomic E-state index is 0. The SMILES string of the molecule is C/C=C/C[CH-]S(=O)(=O)c1ccccc1.[Li+]. The molecule has 0 unspecified atom stereocenters. The van der Waals surface area contributed by atoms with E-state index in [1.807, 2.05) is 13.0 Å². The Bertz CT molecular complexity index is 396. The van der Waals surface area contributed by atoms with Crippen molar-refractivity contribution in [2.45, 2.75) is 18.2 Å². The van der Waals surface area contributed by atoms with E-state index in [-0.39, 0.29) is 18.9 Å². The summed E-state index contributed by atoms with van der Waals surface area (Å²) in [6.07, 6.45) is 4.09. The Labute approximate surface area is 103 Å². The molecular weight excluding hydrogens is 203 g/mol. The minimum Gasteiger partial charge on any atom is -0.257 e. The Morgan fingerprint density at radius 1 is 1.27 bits per heavy atom. The minimum atomic E-state index is -3.21. The quantitative estimate of drug-likeness (QED) is 0.389. The van der Waals surface area contributed by atoms with Gasteiger partial charge in [0.15, 0.2) is 0 Å². The maximum Gasteiger partial charge on any atom is 1.00 e. The molecule has 0 amide bonds. The molecule has 0 atom stereocenters. The number of hydrogen-bond donors (Lipinski definition) is 0. The first-order chi connectivity index (χ1) is 6.67. The summed E-state index contributed by atoms with van der Waals surface area (Å²) < 4.78 is 23.2. The van der Waals surface area contributed by atoms with Crippen LogP contribution in [0.1, 0.15) is 13.3 Å². The third kappa shape index (κ3) is 4.70. The van der Waals surface area contributed by atoms with Crippen LogP contribution in [0.25, 0.3) is 0 Å². The molecule has 0 bridgehead atoms. The van der Waals surface area contributed by atoms with E-state index < -0.39 is 9.84 Å². The number of benzene rings is 1. The van der Waals surface area contributed by atoms with Gasteiger partial charge in [0.2, 0.25) is 0 Å². The van der Waals surface area contributed by atoms with Crippen LogP contribution in [0.15, 0.2) is 47.4 Å². The van der Waals surface area contributed by atoms with E-state index in [1.54, 1.807) is 36.4 Å². The van der Waals surface area contributed by atoms with Crippen molar-refractivity contribution in [1.82, 2.24) is 0 Å². The zero-order valence-electron chi connectivity index (χ0n) is 9.05. The monoisotopic (exact) mass is 216 g/mol. The molecule has 0 spiro atoms. The van der Waals surface area contributed by atoms with Gasteiger partial charge in [-0.3, -0.25) is 8.42 Å². The van der Waals surface area contributed by atoms with Crippen LogP contribution in [0.4, 0.5) is 0 Å². The molecule has 2 nitrogen and oxygen atoms in total. The second kappa shape index (κ2) is 6.89. The van der Waals surface area contributed by atoms with Gasteiger partial charge in [0.1, 0.15) is 0 Å². The van der Waals surface area contributed by atoms with E-state index in [0.29, 0.717) is 11.3 Å². The predicted octanol–water partition coefficient (Wildman–Crippen LogP) is -0.408. The van der Waals surface area contributed by atoms with E-state index in [9.17, 15) is 8.42 Å². The van der Waals surface area contributed by atoms with Gasteiger partial charge in [0.05, 0.1) is 9.84 Å². The van der Waals surface area contributed by atoms with E-state index >= 15 is 0 Å². The summed E-state index contributed by atoms with van der Waals surface area (Å²) >= 11 is 0. The average Bonchev–Trinajstić information content (AvgIpc) is 2.19. The normalized spacial score (nSPS) is 11.3. The van der Waals surface area contributed by atoms with Crippen LogP contribution in [0.2, 0.25) is 0 Å². The van der Waals surface area contributed by atoms with Crippen LogP contribution >= 0.6 is 0 Å². The van der Waals surface area contributed by atoms with Crippen LogP contribution in [-0.2, 0) is 9.84 Å². The zero-order chi connectivity index (χ0) is 10.4. The van der Waals surface area contributed by atoms with Gasteiger partial charge in [-0.1, -0.05) is 24.3 Å². The molecule has 0 aliphatic heterocycles. The van der Waals surface area contributed by atoms with Gasteiger partial charge < -0.3 is 0 Å². The Balaban J connectivity index is 0.00000196. The molecule has 0 aliphatic carbocycles. The molecule has 1 aromatic rings. The van der Waals surface area contributed by atoms with Gasteiger partial charge in [-0.05, 0) is 19.1 Å². The number of rotatable bonds is 4. The first-order valence-electron chi connectivity index (χ1n) is 4.41. The largest absolute Gasteiger partial charge is 1.00 e. The molecule has 4 heteroatoms. The Hall–Kier alpha value is -0.493. The van der Waals surface area contributed by atoms with Crippen LogP contribution in [0.5, 0.6) is 0 Å². The van der Waals surface area contributed by atoms with Gasteiger partial charge >= 0.3 is 18.9 Å². The standard InChI is InChI=1S/C11H13O2S.Li/c1-2-3-7-10-14(12,13)11-8-5-4-6-9-11;/h2-6,8-10H,7H2,1H3;/q-1;+1/b3-2+;. The molecule has 1 rings (SSSR count). The molecule has 0 fully saturated rings. The van der Waals surface area contributed by atoms with Crippen LogP contribution in [0, 0.1) is 5.75 Å². The fourth-order valence-corrected chi connectivity index (χ4v) is 2.12. The summed E-state index contributed by atoms with van der Waals surface area (Å²) in [7, 11) is -3.21. The zero-order valence-corrected chi connectivity index (χ0v) is 9.87. The molecule has 0 saturated carbocycles. The molecule has 0 N–H and O–H groups in total. The van der Waals surface area contributed by atoms with Crippen molar-refractivity contribution in [1.29, 1.82) is 0 Å². The van der Waals surface area contributed by atoms with Gasteiger partial charge in [-0.15, -0.1) is 12.5 Å². The molecule has 0 radical (unpaired) electrons. The Morgan fingerprint density at radius 3 is 2.40 bits per heavy atom. The molecule has 0 saturated heterocycles. The smallest absolute Gasteiger partial charge is 0.257 e. The van der Waals surface area contributed by atoms with E-state index in [2.05, 4.69) is 0 Å². The van der Waals surface area contributed by atoms with Crippen LogP contribution in [0.3, 0.4) is 0 Å². The number of hydrogen-bond acceptors (Lipinski definition) is 2. The molecule has 1 aromatic carbocycles. The van der Waals surface area contributed by atoms with Crippen molar-refractivity contribution < 1.29 is 27.3 Å². The van der Waals surface area contributed by atoms with Crippen LogP contribution in [-0.4, -0.2) is 8.42 Å². The fraction of sp³-hybridized carbons (Fsp3) is 0.182. The summed E-state index contributed by atoms with van der Waals surface area (Å²) in [6.45, 7) is 1.86.